The first kappa shape index (κ1) is 18.8. The van der Waals surface area contributed by atoms with Crippen molar-refractivity contribution >= 4 is 29.0 Å². The van der Waals surface area contributed by atoms with E-state index in [0.29, 0.717) is 5.76 Å². The number of benzene rings is 1. The van der Waals surface area contributed by atoms with Gasteiger partial charge in [0.2, 0.25) is 0 Å². The van der Waals surface area contributed by atoms with Gasteiger partial charge >= 0.3 is 6.18 Å². The van der Waals surface area contributed by atoms with Crippen molar-refractivity contribution in [2.24, 2.45) is 0 Å². The Labute approximate surface area is 157 Å². The molecule has 0 aliphatic rings. The normalized spacial score (nSPS) is 11.3. The fourth-order valence-corrected chi connectivity index (χ4v) is 2.42. The quantitative estimate of drug-likeness (QED) is 0.636. The fourth-order valence-electron chi connectivity index (χ4n) is 2.26. The minimum Gasteiger partial charge on any atom is -0.467 e. The Morgan fingerprint density at radius 3 is 2.70 bits per heavy atom. The van der Waals surface area contributed by atoms with E-state index in [-0.39, 0.29) is 34.5 Å². The molecule has 3 rings (SSSR count). The molecule has 0 saturated carbocycles. The Bertz CT molecular complexity index is 943. The van der Waals surface area contributed by atoms with Gasteiger partial charge in [0, 0.05) is 11.8 Å². The summed E-state index contributed by atoms with van der Waals surface area (Å²) >= 11 is 5.96. The van der Waals surface area contributed by atoms with E-state index < -0.39 is 11.7 Å². The SMILES string of the molecule is O=C(NCc1ccco1)c1ccnc(Nc2cc(C(F)(F)F)ccc2Cl)c1. The molecular formula is C18H13ClF3N3O2. The van der Waals surface area contributed by atoms with Crippen LogP contribution in [0.2, 0.25) is 5.02 Å². The Hall–Kier alpha value is -3.00. The van der Waals surface area contributed by atoms with Gasteiger partial charge in [-0.15, -0.1) is 0 Å². The van der Waals surface area contributed by atoms with Gasteiger partial charge in [0.05, 0.1) is 29.1 Å². The first-order valence-electron chi connectivity index (χ1n) is 7.73. The minimum absolute atomic E-state index is 0.0344. The minimum atomic E-state index is -4.50. The second-order valence-corrected chi connectivity index (χ2v) is 5.92. The number of aromatic nitrogens is 1. The number of carbonyl (C=O) groups excluding carboxylic acids is 1. The third kappa shape index (κ3) is 4.79. The zero-order valence-corrected chi connectivity index (χ0v) is 14.4. The molecule has 0 fully saturated rings. The molecule has 0 bridgehead atoms. The van der Waals surface area contributed by atoms with Gasteiger partial charge in [0.15, 0.2) is 0 Å². The van der Waals surface area contributed by atoms with Crippen molar-refractivity contribution in [2.75, 3.05) is 5.32 Å². The summed E-state index contributed by atoms with van der Waals surface area (Å²) in [7, 11) is 0. The lowest BCUT2D eigenvalue weighted by Gasteiger charge is -2.12. The molecule has 9 heteroatoms. The van der Waals surface area contributed by atoms with Crippen LogP contribution in [-0.4, -0.2) is 10.9 Å². The maximum absolute atomic E-state index is 12.9. The fraction of sp³-hybridized carbons (Fsp3) is 0.111. The van der Waals surface area contributed by atoms with Crippen LogP contribution in [0.15, 0.2) is 59.3 Å². The standard InChI is InChI=1S/C18H13ClF3N3O2/c19-14-4-3-12(18(20,21)22)9-15(14)25-16-8-11(5-6-23-16)17(26)24-10-13-2-1-7-27-13/h1-9H,10H2,(H,23,25)(H,24,26). The predicted octanol–water partition coefficient (Wildman–Crippen LogP) is 5.02. The number of nitrogens with one attached hydrogen (secondary N) is 2. The maximum atomic E-state index is 12.9. The number of alkyl halides is 3. The molecule has 2 heterocycles. The maximum Gasteiger partial charge on any atom is 0.416 e. The number of carbonyl (C=O) groups is 1. The molecule has 0 aliphatic heterocycles. The average Bonchev–Trinajstić information content (AvgIpc) is 3.14. The lowest BCUT2D eigenvalue weighted by Crippen LogP contribution is -2.22. The molecule has 5 nitrogen and oxygen atoms in total. The highest BCUT2D eigenvalue weighted by Crippen LogP contribution is 2.34. The summed E-state index contributed by atoms with van der Waals surface area (Å²) in [6, 6.07) is 9.23. The second kappa shape index (κ2) is 7.71. The molecule has 1 amide bonds. The van der Waals surface area contributed by atoms with Crippen LogP contribution < -0.4 is 10.6 Å². The summed E-state index contributed by atoms with van der Waals surface area (Å²) < 4.78 is 43.7. The summed E-state index contributed by atoms with van der Waals surface area (Å²) in [4.78, 5) is 16.2. The predicted molar refractivity (Wildman–Crippen MR) is 93.9 cm³/mol. The zero-order valence-electron chi connectivity index (χ0n) is 13.7. The van der Waals surface area contributed by atoms with Crippen molar-refractivity contribution in [3.05, 3.63) is 76.8 Å². The van der Waals surface area contributed by atoms with E-state index >= 15 is 0 Å². The number of rotatable bonds is 5. The van der Waals surface area contributed by atoms with Gasteiger partial charge < -0.3 is 15.1 Å². The topological polar surface area (TPSA) is 67.2 Å². The van der Waals surface area contributed by atoms with Crippen LogP contribution >= 0.6 is 11.6 Å². The van der Waals surface area contributed by atoms with E-state index in [1.807, 2.05) is 0 Å². The number of pyridine rings is 1. The summed E-state index contributed by atoms with van der Waals surface area (Å²) in [6.07, 6.45) is -1.64. The lowest BCUT2D eigenvalue weighted by atomic mass is 10.2. The highest BCUT2D eigenvalue weighted by atomic mass is 35.5. The molecule has 0 atom stereocenters. The molecule has 3 aromatic rings. The number of anilines is 2. The first-order valence-corrected chi connectivity index (χ1v) is 8.11. The van der Waals surface area contributed by atoms with Crippen molar-refractivity contribution < 1.29 is 22.4 Å². The smallest absolute Gasteiger partial charge is 0.416 e. The van der Waals surface area contributed by atoms with Gasteiger partial charge in [-0.25, -0.2) is 4.98 Å². The number of nitrogens with zero attached hydrogens (tertiary/aromatic N) is 1. The Balaban J connectivity index is 1.75. The lowest BCUT2D eigenvalue weighted by molar-refractivity contribution is -0.137. The van der Waals surface area contributed by atoms with Gasteiger partial charge in [-0.05, 0) is 42.5 Å². The van der Waals surface area contributed by atoms with Crippen LogP contribution in [-0.2, 0) is 12.7 Å². The Morgan fingerprint density at radius 1 is 1.19 bits per heavy atom. The monoisotopic (exact) mass is 395 g/mol. The first-order chi connectivity index (χ1) is 12.8. The van der Waals surface area contributed by atoms with Gasteiger partial charge in [0.25, 0.3) is 5.91 Å². The largest absolute Gasteiger partial charge is 0.467 e. The molecule has 0 saturated heterocycles. The van der Waals surface area contributed by atoms with Crippen LogP contribution in [0.5, 0.6) is 0 Å². The molecular weight excluding hydrogens is 383 g/mol. The highest BCUT2D eigenvalue weighted by molar-refractivity contribution is 6.33. The molecule has 2 N–H and O–H groups in total. The van der Waals surface area contributed by atoms with Gasteiger partial charge in [0.1, 0.15) is 11.6 Å². The van der Waals surface area contributed by atoms with E-state index in [1.54, 1.807) is 12.1 Å². The summed E-state index contributed by atoms with van der Waals surface area (Å²) in [5, 5.41) is 5.47. The van der Waals surface area contributed by atoms with Gasteiger partial charge in [-0.3, -0.25) is 4.79 Å². The average molecular weight is 396 g/mol. The Kier molecular flexibility index (Phi) is 5.36. The summed E-state index contributed by atoms with van der Waals surface area (Å²) in [5.74, 6) is 0.389. The van der Waals surface area contributed by atoms with Crippen LogP contribution in [0.3, 0.4) is 0 Å². The van der Waals surface area contributed by atoms with E-state index in [9.17, 15) is 18.0 Å². The molecule has 1 aromatic carbocycles. The third-order valence-electron chi connectivity index (χ3n) is 3.58. The number of furan rings is 1. The van der Waals surface area contributed by atoms with E-state index in [0.717, 1.165) is 18.2 Å². The number of amides is 1. The number of hydrogen-bond acceptors (Lipinski definition) is 4. The van der Waals surface area contributed by atoms with Crippen molar-refractivity contribution in [1.29, 1.82) is 0 Å². The molecule has 27 heavy (non-hydrogen) atoms. The molecule has 0 unspecified atom stereocenters. The Morgan fingerprint density at radius 2 is 2.00 bits per heavy atom. The van der Waals surface area contributed by atoms with E-state index in [2.05, 4.69) is 15.6 Å². The molecule has 140 valence electrons. The van der Waals surface area contributed by atoms with Gasteiger partial charge in [-0.1, -0.05) is 11.6 Å². The zero-order chi connectivity index (χ0) is 19.4. The second-order valence-electron chi connectivity index (χ2n) is 5.51. The molecule has 0 radical (unpaired) electrons. The van der Waals surface area contributed by atoms with Crippen molar-refractivity contribution in [3.63, 3.8) is 0 Å². The molecule has 0 spiro atoms. The van der Waals surface area contributed by atoms with Crippen LogP contribution in [0.1, 0.15) is 21.7 Å². The van der Waals surface area contributed by atoms with Gasteiger partial charge in [-0.2, -0.15) is 13.2 Å². The van der Waals surface area contributed by atoms with Crippen molar-refractivity contribution in [2.45, 2.75) is 12.7 Å². The highest BCUT2D eigenvalue weighted by Gasteiger charge is 2.31. The van der Waals surface area contributed by atoms with Crippen LogP contribution in [0.4, 0.5) is 24.7 Å². The van der Waals surface area contributed by atoms with Crippen molar-refractivity contribution in [3.8, 4) is 0 Å². The van der Waals surface area contributed by atoms with Crippen LogP contribution in [0.25, 0.3) is 0 Å². The summed E-state index contributed by atoms with van der Waals surface area (Å²) in [6.45, 7) is 0.205. The van der Waals surface area contributed by atoms with Crippen molar-refractivity contribution in [1.82, 2.24) is 10.3 Å². The van der Waals surface area contributed by atoms with Crippen LogP contribution in [0, 0.1) is 0 Å². The number of halogens is 4. The molecule has 2 aromatic heterocycles. The van der Waals surface area contributed by atoms with E-state index in [1.165, 1.54) is 24.6 Å². The molecule has 0 aliphatic carbocycles. The third-order valence-corrected chi connectivity index (χ3v) is 3.91. The van der Waals surface area contributed by atoms with E-state index in [4.69, 9.17) is 16.0 Å². The number of hydrogen-bond donors (Lipinski definition) is 2. The summed E-state index contributed by atoms with van der Waals surface area (Å²) in [5.41, 5.74) is -0.531.